The minimum absolute atomic E-state index is 0.0830. The highest BCUT2D eigenvalue weighted by molar-refractivity contribution is 5.92. The molecule has 5 amide bonds. The molecule has 1 fully saturated rings. The number of carbonyl (C=O) groups is 3. The van der Waals surface area contributed by atoms with Gasteiger partial charge in [-0.15, -0.1) is 0 Å². The molecule has 2 aromatic rings. The monoisotopic (exact) mass is 433 g/mol. The lowest BCUT2D eigenvalue weighted by Gasteiger charge is -2.40. The first-order valence-electron chi connectivity index (χ1n) is 11.1. The quantitative estimate of drug-likeness (QED) is 0.679. The van der Waals surface area contributed by atoms with Crippen LogP contribution in [0.15, 0.2) is 48.5 Å². The van der Waals surface area contributed by atoms with Gasteiger partial charge in [0.2, 0.25) is 5.91 Å². The number of carbonyl (C=O) groups excluding carboxylic acids is 3. The summed E-state index contributed by atoms with van der Waals surface area (Å²) in [6, 6.07) is 14.9. The molecular formula is C24H27N5O3. The van der Waals surface area contributed by atoms with E-state index in [1.165, 1.54) is 0 Å². The fourth-order valence-electron chi connectivity index (χ4n) is 4.80. The van der Waals surface area contributed by atoms with Gasteiger partial charge in [0.05, 0.1) is 0 Å². The van der Waals surface area contributed by atoms with Crippen molar-refractivity contribution in [3.05, 3.63) is 65.2 Å². The van der Waals surface area contributed by atoms with Crippen molar-refractivity contribution in [2.24, 2.45) is 0 Å². The second-order valence-corrected chi connectivity index (χ2v) is 8.63. The van der Waals surface area contributed by atoms with E-state index in [1.807, 2.05) is 53.4 Å². The van der Waals surface area contributed by atoms with E-state index in [-0.39, 0.29) is 24.0 Å². The molecule has 1 saturated heterocycles. The number of para-hydroxylation sites is 1. The molecule has 8 nitrogen and oxygen atoms in total. The smallest absolute Gasteiger partial charge is 0.322 e. The van der Waals surface area contributed by atoms with E-state index in [4.69, 9.17) is 0 Å². The Morgan fingerprint density at radius 1 is 0.938 bits per heavy atom. The highest BCUT2D eigenvalue weighted by Gasteiger charge is 2.34. The van der Waals surface area contributed by atoms with Crippen LogP contribution < -0.4 is 16.0 Å². The number of urea groups is 2. The van der Waals surface area contributed by atoms with E-state index in [2.05, 4.69) is 16.0 Å². The molecule has 0 saturated carbocycles. The molecule has 166 valence electrons. The summed E-state index contributed by atoms with van der Waals surface area (Å²) in [5.74, 6) is -0.159. The number of anilines is 1. The first-order valence-corrected chi connectivity index (χ1v) is 11.1. The maximum absolute atomic E-state index is 12.9. The summed E-state index contributed by atoms with van der Waals surface area (Å²) >= 11 is 0. The summed E-state index contributed by atoms with van der Waals surface area (Å²) in [4.78, 5) is 41.6. The van der Waals surface area contributed by atoms with Crippen molar-refractivity contribution in [2.75, 3.05) is 18.4 Å². The van der Waals surface area contributed by atoms with Gasteiger partial charge in [-0.3, -0.25) is 4.79 Å². The largest absolute Gasteiger partial charge is 0.350 e. The van der Waals surface area contributed by atoms with Crippen LogP contribution in [0.4, 0.5) is 15.3 Å². The van der Waals surface area contributed by atoms with Crippen molar-refractivity contribution in [3.63, 3.8) is 0 Å². The van der Waals surface area contributed by atoms with Gasteiger partial charge < -0.3 is 25.8 Å². The summed E-state index contributed by atoms with van der Waals surface area (Å²) in [7, 11) is 0. The molecule has 5 rings (SSSR count). The molecule has 8 heteroatoms. The number of nitrogens with zero attached hydrogens (tertiary/aromatic N) is 2. The molecule has 3 aliphatic rings. The number of nitrogens with one attached hydrogen (secondary N) is 3. The van der Waals surface area contributed by atoms with Crippen LogP contribution in [0.25, 0.3) is 0 Å². The third-order valence-corrected chi connectivity index (χ3v) is 6.66. The van der Waals surface area contributed by atoms with Crippen molar-refractivity contribution in [1.82, 2.24) is 20.4 Å². The zero-order valence-corrected chi connectivity index (χ0v) is 17.8. The van der Waals surface area contributed by atoms with Gasteiger partial charge in [0, 0.05) is 44.3 Å². The molecule has 0 bridgehead atoms. The Morgan fingerprint density at radius 3 is 2.41 bits per heavy atom. The van der Waals surface area contributed by atoms with Crippen LogP contribution >= 0.6 is 0 Å². The molecule has 32 heavy (non-hydrogen) atoms. The van der Waals surface area contributed by atoms with Crippen molar-refractivity contribution >= 4 is 23.7 Å². The number of likely N-dealkylation sites (tertiary alicyclic amines) is 1. The number of hydrogen-bond donors (Lipinski definition) is 3. The van der Waals surface area contributed by atoms with Gasteiger partial charge in [-0.1, -0.05) is 42.5 Å². The second kappa shape index (κ2) is 8.53. The number of rotatable bonds is 2. The van der Waals surface area contributed by atoms with Gasteiger partial charge >= 0.3 is 12.1 Å². The van der Waals surface area contributed by atoms with Crippen LogP contribution in [-0.2, 0) is 24.3 Å². The zero-order chi connectivity index (χ0) is 22.1. The minimum atomic E-state index is -0.590. The van der Waals surface area contributed by atoms with Gasteiger partial charge in [0.15, 0.2) is 0 Å². The first-order chi connectivity index (χ1) is 15.6. The molecule has 1 atom stereocenters. The van der Waals surface area contributed by atoms with E-state index >= 15 is 0 Å². The average molecular weight is 434 g/mol. The van der Waals surface area contributed by atoms with Crippen molar-refractivity contribution in [2.45, 2.75) is 44.4 Å². The number of hydrogen-bond acceptors (Lipinski definition) is 3. The van der Waals surface area contributed by atoms with E-state index in [0.29, 0.717) is 45.4 Å². The van der Waals surface area contributed by atoms with Crippen LogP contribution in [0.3, 0.4) is 0 Å². The Balaban J connectivity index is 1.18. The normalized spacial score (nSPS) is 21.1. The summed E-state index contributed by atoms with van der Waals surface area (Å²) in [5.41, 5.74) is 4.13. The predicted octanol–water partition coefficient (Wildman–Crippen LogP) is 2.45. The fraction of sp³-hybridized carbons (Fsp3) is 0.375. The van der Waals surface area contributed by atoms with Gasteiger partial charge in [-0.2, -0.15) is 0 Å². The minimum Gasteiger partial charge on any atom is -0.350 e. The average Bonchev–Trinajstić information content (AvgIpc) is 2.97. The lowest BCUT2D eigenvalue weighted by molar-refractivity contribution is -0.122. The van der Waals surface area contributed by atoms with Gasteiger partial charge in [0.25, 0.3) is 0 Å². The summed E-state index contributed by atoms with van der Waals surface area (Å²) in [5, 5.41) is 8.78. The number of piperidine rings is 1. The van der Waals surface area contributed by atoms with E-state index < -0.39 is 6.04 Å². The van der Waals surface area contributed by atoms with E-state index in [0.717, 1.165) is 22.4 Å². The Bertz CT molecular complexity index is 1050. The molecule has 0 radical (unpaired) electrons. The molecule has 2 aromatic carbocycles. The van der Waals surface area contributed by atoms with Crippen LogP contribution in [0, 0.1) is 0 Å². The standard InChI is InChI=1S/C24H27N5O3/c30-22-21(13-16-5-1-2-6-17(16)14-25-22)27-23(31)28-11-9-19(10-12-28)29-15-18-7-3-4-8-20(18)26-24(29)32/h1-8,19,21H,9-15H2,(H,25,30)(H,26,32)(H,27,31). The summed E-state index contributed by atoms with van der Waals surface area (Å²) < 4.78 is 0. The third-order valence-electron chi connectivity index (χ3n) is 6.66. The first kappa shape index (κ1) is 20.4. The predicted molar refractivity (Wildman–Crippen MR) is 120 cm³/mol. The van der Waals surface area contributed by atoms with E-state index in [9.17, 15) is 14.4 Å². The Kier molecular flexibility index (Phi) is 5.43. The highest BCUT2D eigenvalue weighted by Crippen LogP contribution is 2.27. The molecular weight excluding hydrogens is 406 g/mol. The molecule has 3 aliphatic heterocycles. The lowest BCUT2D eigenvalue weighted by Crippen LogP contribution is -2.55. The van der Waals surface area contributed by atoms with Crippen molar-refractivity contribution < 1.29 is 14.4 Å². The fourth-order valence-corrected chi connectivity index (χ4v) is 4.80. The van der Waals surface area contributed by atoms with Crippen LogP contribution in [0.5, 0.6) is 0 Å². The topological polar surface area (TPSA) is 93.8 Å². The maximum atomic E-state index is 12.9. The van der Waals surface area contributed by atoms with Crippen molar-refractivity contribution in [3.8, 4) is 0 Å². The molecule has 1 unspecified atom stereocenters. The zero-order valence-electron chi connectivity index (χ0n) is 17.8. The molecule has 0 aliphatic carbocycles. The summed E-state index contributed by atoms with van der Waals surface area (Å²) in [6.45, 7) is 2.16. The Labute approximate surface area is 187 Å². The Hall–Kier alpha value is -3.55. The van der Waals surface area contributed by atoms with Gasteiger partial charge in [-0.25, -0.2) is 9.59 Å². The molecule has 3 N–H and O–H groups in total. The SMILES string of the molecule is O=C1NCc2ccccc2CC1NC(=O)N1CCC(N2Cc3ccccc3NC2=O)CC1. The highest BCUT2D eigenvalue weighted by atomic mass is 16.2. The van der Waals surface area contributed by atoms with Crippen LogP contribution in [-0.4, -0.2) is 52.9 Å². The Morgan fingerprint density at radius 2 is 1.62 bits per heavy atom. The number of benzene rings is 2. The van der Waals surface area contributed by atoms with Crippen LogP contribution in [0.1, 0.15) is 29.5 Å². The van der Waals surface area contributed by atoms with Gasteiger partial charge in [0.1, 0.15) is 6.04 Å². The van der Waals surface area contributed by atoms with Crippen molar-refractivity contribution in [1.29, 1.82) is 0 Å². The molecule has 3 heterocycles. The number of fused-ring (bicyclic) bond motifs is 2. The lowest BCUT2D eigenvalue weighted by atomic mass is 10.0. The van der Waals surface area contributed by atoms with Crippen LogP contribution in [0.2, 0.25) is 0 Å². The maximum Gasteiger partial charge on any atom is 0.322 e. The molecule has 0 aromatic heterocycles. The molecule has 0 spiro atoms. The number of amides is 5. The summed E-state index contributed by atoms with van der Waals surface area (Å²) in [6.07, 6.45) is 1.91. The van der Waals surface area contributed by atoms with Gasteiger partial charge in [-0.05, 0) is 35.6 Å². The second-order valence-electron chi connectivity index (χ2n) is 8.63. The van der Waals surface area contributed by atoms with E-state index in [1.54, 1.807) is 4.90 Å². The third kappa shape index (κ3) is 4.00.